The Hall–Kier alpha value is -1.16. The molecule has 0 bridgehead atoms. The average Bonchev–Trinajstić information content (AvgIpc) is 2.54. The molecule has 0 radical (unpaired) electrons. The molecule has 5 unspecified atom stereocenters. The molecule has 0 aromatic rings. The molecule has 4 aliphatic rings. The first kappa shape index (κ1) is 13.5. The van der Waals surface area contributed by atoms with Gasteiger partial charge in [0, 0.05) is 12.0 Å². The van der Waals surface area contributed by atoms with Gasteiger partial charge in [-0.2, -0.15) is 0 Å². The predicted octanol–water partition coefficient (Wildman–Crippen LogP) is 3.26. The molecule has 0 aromatic heterocycles. The Kier molecular flexibility index (Phi) is 3.37. The standard InChI is InChI=1S/C17H21NO2S/c19-17(20)11-5-6-15-13-4-2-1-3-12(13)14-10-21-8-7-16(14)18(15)9-11/h5-9,12-16H,1-4,10H2,(H,19,20). The Balaban J connectivity index is 1.73. The molecule has 112 valence electrons. The van der Waals surface area contributed by atoms with E-state index in [1.165, 1.54) is 31.4 Å². The molecule has 4 rings (SSSR count). The van der Waals surface area contributed by atoms with Crippen LogP contribution in [-0.4, -0.2) is 33.8 Å². The van der Waals surface area contributed by atoms with Crippen LogP contribution in [0.1, 0.15) is 25.7 Å². The largest absolute Gasteiger partial charge is 0.478 e. The number of carbonyl (C=O) groups is 1. The molecular weight excluding hydrogens is 282 g/mol. The van der Waals surface area contributed by atoms with Crippen LogP contribution in [0.25, 0.3) is 0 Å². The molecule has 5 atom stereocenters. The number of carboxylic acids is 1. The summed E-state index contributed by atoms with van der Waals surface area (Å²) in [5.41, 5.74) is 0.422. The summed E-state index contributed by atoms with van der Waals surface area (Å²) in [6.45, 7) is 0. The summed E-state index contributed by atoms with van der Waals surface area (Å²) in [6, 6.07) is 0.780. The lowest BCUT2D eigenvalue weighted by atomic mass is 9.63. The van der Waals surface area contributed by atoms with Crippen LogP contribution in [-0.2, 0) is 4.79 Å². The second-order valence-electron chi connectivity index (χ2n) is 6.61. The van der Waals surface area contributed by atoms with Gasteiger partial charge >= 0.3 is 5.97 Å². The van der Waals surface area contributed by atoms with Crippen LogP contribution in [0.3, 0.4) is 0 Å². The van der Waals surface area contributed by atoms with E-state index in [0.29, 0.717) is 29.5 Å². The highest BCUT2D eigenvalue weighted by atomic mass is 32.2. The zero-order valence-corrected chi connectivity index (χ0v) is 12.8. The molecule has 21 heavy (non-hydrogen) atoms. The van der Waals surface area contributed by atoms with Crippen molar-refractivity contribution in [1.29, 1.82) is 0 Å². The number of nitrogens with zero attached hydrogens (tertiary/aromatic N) is 1. The van der Waals surface area contributed by atoms with Gasteiger partial charge in [-0.3, -0.25) is 0 Å². The van der Waals surface area contributed by atoms with Crippen LogP contribution in [0.5, 0.6) is 0 Å². The molecule has 2 fully saturated rings. The summed E-state index contributed by atoms with van der Waals surface area (Å²) in [7, 11) is 0. The van der Waals surface area contributed by atoms with Crippen molar-refractivity contribution in [2.75, 3.05) is 5.75 Å². The predicted molar refractivity (Wildman–Crippen MR) is 84.8 cm³/mol. The summed E-state index contributed by atoms with van der Waals surface area (Å²) in [6.07, 6.45) is 13.5. The smallest absolute Gasteiger partial charge is 0.337 e. The van der Waals surface area contributed by atoms with Gasteiger partial charge in [0.25, 0.3) is 0 Å². The molecule has 0 aromatic carbocycles. The molecule has 1 aliphatic carbocycles. The highest BCUT2D eigenvalue weighted by Crippen LogP contribution is 2.49. The number of thioether (sulfide) groups is 1. The maximum atomic E-state index is 11.3. The SMILES string of the molecule is O=C(O)C1=CN2C(C=C1)C1CCCCC1C1CSC=CC12. The Morgan fingerprint density at radius 3 is 2.71 bits per heavy atom. The number of aliphatic carboxylic acids is 1. The minimum absolute atomic E-state index is 0.384. The van der Waals surface area contributed by atoms with Crippen LogP contribution in [0.15, 0.2) is 35.4 Å². The minimum atomic E-state index is -0.818. The van der Waals surface area contributed by atoms with Crippen molar-refractivity contribution in [2.24, 2.45) is 17.8 Å². The second-order valence-corrected chi connectivity index (χ2v) is 7.55. The zero-order chi connectivity index (χ0) is 14.4. The van der Waals surface area contributed by atoms with Gasteiger partial charge in [-0.05, 0) is 42.1 Å². The number of carboxylic acid groups (broad SMARTS) is 1. The Morgan fingerprint density at radius 1 is 1.14 bits per heavy atom. The third-order valence-corrected chi connectivity index (χ3v) is 6.59. The van der Waals surface area contributed by atoms with E-state index >= 15 is 0 Å². The van der Waals surface area contributed by atoms with Crippen molar-refractivity contribution >= 4 is 17.7 Å². The maximum Gasteiger partial charge on any atom is 0.337 e. The normalized spacial score (nSPS) is 40.9. The summed E-state index contributed by atoms with van der Waals surface area (Å²) in [5.74, 6) is 2.56. The van der Waals surface area contributed by atoms with E-state index in [1.807, 2.05) is 24.0 Å². The summed E-state index contributed by atoms with van der Waals surface area (Å²) < 4.78 is 0. The average molecular weight is 303 g/mol. The van der Waals surface area contributed by atoms with E-state index in [-0.39, 0.29) is 0 Å². The molecule has 1 N–H and O–H groups in total. The van der Waals surface area contributed by atoms with E-state index in [2.05, 4.69) is 22.5 Å². The second kappa shape index (κ2) is 5.24. The number of rotatable bonds is 1. The molecule has 3 heterocycles. The Morgan fingerprint density at radius 2 is 1.90 bits per heavy atom. The third-order valence-electron chi connectivity index (χ3n) is 5.66. The van der Waals surface area contributed by atoms with Crippen molar-refractivity contribution in [3.8, 4) is 0 Å². The van der Waals surface area contributed by atoms with Crippen LogP contribution in [0.4, 0.5) is 0 Å². The first-order valence-electron chi connectivity index (χ1n) is 7.95. The molecular formula is C17H21NO2S. The lowest BCUT2D eigenvalue weighted by Gasteiger charge is -2.56. The molecule has 1 saturated carbocycles. The van der Waals surface area contributed by atoms with Crippen LogP contribution < -0.4 is 0 Å². The van der Waals surface area contributed by atoms with Gasteiger partial charge in [0.1, 0.15) is 0 Å². The van der Waals surface area contributed by atoms with Crippen LogP contribution >= 0.6 is 11.8 Å². The zero-order valence-electron chi connectivity index (χ0n) is 12.0. The van der Waals surface area contributed by atoms with Gasteiger partial charge < -0.3 is 10.0 Å². The number of piperidine rings is 1. The van der Waals surface area contributed by atoms with Crippen molar-refractivity contribution in [3.63, 3.8) is 0 Å². The van der Waals surface area contributed by atoms with Crippen molar-refractivity contribution in [3.05, 3.63) is 35.4 Å². The number of hydrogen-bond donors (Lipinski definition) is 1. The van der Waals surface area contributed by atoms with Gasteiger partial charge in [0.2, 0.25) is 0 Å². The van der Waals surface area contributed by atoms with Gasteiger partial charge in [-0.15, -0.1) is 11.8 Å². The Bertz CT molecular complexity index is 537. The quantitative estimate of drug-likeness (QED) is 0.807. The first-order chi connectivity index (χ1) is 10.3. The molecule has 0 spiro atoms. The highest BCUT2D eigenvalue weighted by Gasteiger charge is 2.48. The monoisotopic (exact) mass is 303 g/mol. The van der Waals surface area contributed by atoms with Gasteiger partial charge in [-0.1, -0.05) is 25.0 Å². The molecule has 0 amide bonds. The first-order valence-corrected chi connectivity index (χ1v) is 8.99. The lowest BCUT2D eigenvalue weighted by molar-refractivity contribution is -0.132. The fourth-order valence-electron chi connectivity index (χ4n) is 4.75. The van der Waals surface area contributed by atoms with E-state index in [4.69, 9.17) is 0 Å². The molecule has 1 saturated heterocycles. The molecule has 3 aliphatic heterocycles. The maximum absolute atomic E-state index is 11.3. The summed E-state index contributed by atoms with van der Waals surface area (Å²) >= 11 is 1.92. The van der Waals surface area contributed by atoms with E-state index < -0.39 is 5.97 Å². The molecule has 3 nitrogen and oxygen atoms in total. The topological polar surface area (TPSA) is 40.5 Å². The van der Waals surface area contributed by atoms with Crippen molar-refractivity contribution in [2.45, 2.75) is 37.8 Å². The third kappa shape index (κ3) is 2.15. The molecule has 4 heteroatoms. The minimum Gasteiger partial charge on any atom is -0.478 e. The fourth-order valence-corrected chi connectivity index (χ4v) is 5.80. The van der Waals surface area contributed by atoms with Crippen LogP contribution in [0, 0.1) is 17.8 Å². The summed E-state index contributed by atoms with van der Waals surface area (Å²) in [4.78, 5) is 13.6. The van der Waals surface area contributed by atoms with Gasteiger partial charge in [-0.25, -0.2) is 4.79 Å². The van der Waals surface area contributed by atoms with Gasteiger partial charge in [0.05, 0.1) is 17.7 Å². The summed E-state index contributed by atoms with van der Waals surface area (Å²) in [5, 5.41) is 11.5. The van der Waals surface area contributed by atoms with E-state index in [1.54, 1.807) is 0 Å². The van der Waals surface area contributed by atoms with Crippen LogP contribution in [0.2, 0.25) is 0 Å². The van der Waals surface area contributed by atoms with Crippen molar-refractivity contribution in [1.82, 2.24) is 4.90 Å². The Labute approximate surface area is 129 Å². The highest BCUT2D eigenvalue weighted by molar-refractivity contribution is 8.02. The van der Waals surface area contributed by atoms with E-state index in [9.17, 15) is 9.90 Å². The number of fused-ring (bicyclic) bond motifs is 6. The van der Waals surface area contributed by atoms with E-state index in [0.717, 1.165) is 5.92 Å². The van der Waals surface area contributed by atoms with Gasteiger partial charge in [0.15, 0.2) is 0 Å². The lowest BCUT2D eigenvalue weighted by Crippen LogP contribution is -2.58. The van der Waals surface area contributed by atoms with Crippen molar-refractivity contribution < 1.29 is 9.90 Å². The fraction of sp³-hybridized carbons (Fsp3) is 0.588. The number of hydrogen-bond acceptors (Lipinski definition) is 3.